The summed E-state index contributed by atoms with van der Waals surface area (Å²) in [7, 11) is 1.60. The van der Waals surface area contributed by atoms with E-state index >= 15 is 0 Å². The van der Waals surface area contributed by atoms with Gasteiger partial charge in [-0.1, -0.05) is 6.92 Å². The van der Waals surface area contributed by atoms with Gasteiger partial charge in [0.1, 0.15) is 11.4 Å². The van der Waals surface area contributed by atoms with E-state index in [1.165, 1.54) is 0 Å². The fourth-order valence-corrected chi connectivity index (χ4v) is 2.84. The van der Waals surface area contributed by atoms with E-state index in [1.54, 1.807) is 7.11 Å². The zero-order chi connectivity index (χ0) is 16.2. The van der Waals surface area contributed by atoms with Crippen LogP contribution in [0.5, 0.6) is 0 Å². The van der Waals surface area contributed by atoms with Crippen LogP contribution >= 0.6 is 0 Å². The van der Waals surface area contributed by atoms with Gasteiger partial charge in [0.2, 0.25) is 5.91 Å². The molecule has 0 spiro atoms. The monoisotopic (exact) mass is 310 g/mol. The van der Waals surface area contributed by atoms with Crippen LogP contribution < -0.4 is 5.73 Å². The lowest BCUT2D eigenvalue weighted by atomic mass is 9.99. The Kier molecular flexibility index (Phi) is 5.55. The third kappa shape index (κ3) is 4.06. The molecular weight excluding hydrogens is 284 g/mol. The summed E-state index contributed by atoms with van der Waals surface area (Å²) in [4.78, 5) is 21.5. The van der Waals surface area contributed by atoms with Crippen molar-refractivity contribution in [3.05, 3.63) is 17.2 Å². The second kappa shape index (κ2) is 7.21. The van der Waals surface area contributed by atoms with E-state index in [1.807, 2.05) is 6.92 Å². The molecule has 1 atom stereocenters. The number of nitrogens with zero attached hydrogens (tertiary/aromatic N) is 2. The lowest BCUT2D eigenvalue weighted by Crippen LogP contribution is -2.48. The molecule has 1 aromatic rings. The van der Waals surface area contributed by atoms with Crippen LogP contribution in [-0.4, -0.2) is 59.8 Å². The Labute approximate surface area is 131 Å². The van der Waals surface area contributed by atoms with Gasteiger partial charge in [-0.15, -0.1) is 0 Å². The minimum atomic E-state index is -0.680. The number of aromatic amines is 1. The van der Waals surface area contributed by atoms with Crippen molar-refractivity contribution >= 4 is 5.91 Å². The molecule has 124 valence electrons. The first-order valence-electron chi connectivity index (χ1n) is 7.66. The van der Waals surface area contributed by atoms with Crippen molar-refractivity contribution in [3.63, 3.8) is 0 Å². The van der Waals surface area contributed by atoms with Gasteiger partial charge in [0.15, 0.2) is 0 Å². The molecule has 0 aliphatic carbocycles. The second-order valence-corrected chi connectivity index (χ2v) is 5.90. The van der Waals surface area contributed by atoms with Crippen molar-refractivity contribution < 1.29 is 14.3 Å². The summed E-state index contributed by atoms with van der Waals surface area (Å²) in [5, 5.41) is 0. The van der Waals surface area contributed by atoms with Crippen molar-refractivity contribution in [1.29, 1.82) is 0 Å². The number of imidazole rings is 1. The molecule has 7 heteroatoms. The maximum absolute atomic E-state index is 11.4. The molecule has 0 radical (unpaired) electrons. The van der Waals surface area contributed by atoms with Crippen LogP contribution in [0, 0.1) is 6.92 Å². The first-order valence-corrected chi connectivity index (χ1v) is 7.66. The number of hydrogen-bond donors (Lipinski definition) is 2. The lowest BCUT2D eigenvalue weighted by Gasteiger charge is -2.33. The highest BCUT2D eigenvalue weighted by molar-refractivity contribution is 5.75. The van der Waals surface area contributed by atoms with Crippen LogP contribution in [-0.2, 0) is 27.2 Å². The molecular formula is C15H26N4O3. The summed E-state index contributed by atoms with van der Waals surface area (Å²) >= 11 is 0. The molecule has 0 saturated carbocycles. The summed E-state index contributed by atoms with van der Waals surface area (Å²) in [5.41, 5.74) is 6.80. The summed E-state index contributed by atoms with van der Waals surface area (Å²) < 4.78 is 11.2. The summed E-state index contributed by atoms with van der Waals surface area (Å²) in [6.45, 7) is 7.16. The van der Waals surface area contributed by atoms with Gasteiger partial charge in [-0.05, 0) is 6.92 Å². The number of methoxy groups -OCH3 is 1. The number of primary amides is 1. The third-order valence-corrected chi connectivity index (χ3v) is 4.10. The number of ether oxygens (including phenoxy) is 2. The molecule has 3 N–H and O–H groups in total. The Balaban J connectivity index is 2.12. The highest BCUT2D eigenvalue weighted by atomic mass is 16.5. The van der Waals surface area contributed by atoms with Gasteiger partial charge < -0.3 is 20.2 Å². The van der Waals surface area contributed by atoms with Crippen molar-refractivity contribution in [3.8, 4) is 0 Å². The largest absolute Gasteiger partial charge is 0.377 e. The number of nitrogens with one attached hydrogen (secondary N) is 1. The number of H-pyrrole nitrogens is 1. The number of rotatable bonds is 6. The smallest absolute Gasteiger partial charge is 0.220 e. The van der Waals surface area contributed by atoms with Gasteiger partial charge in [-0.3, -0.25) is 9.69 Å². The van der Waals surface area contributed by atoms with Crippen LogP contribution in [0.15, 0.2) is 0 Å². The molecule has 22 heavy (non-hydrogen) atoms. The van der Waals surface area contributed by atoms with Gasteiger partial charge in [-0.2, -0.15) is 0 Å². The van der Waals surface area contributed by atoms with Gasteiger partial charge >= 0.3 is 0 Å². The number of amides is 1. The van der Waals surface area contributed by atoms with E-state index < -0.39 is 5.60 Å². The Morgan fingerprint density at radius 3 is 2.95 bits per heavy atom. The fourth-order valence-electron chi connectivity index (χ4n) is 2.84. The van der Waals surface area contributed by atoms with Crippen LogP contribution in [0.1, 0.15) is 30.6 Å². The number of aromatic nitrogens is 2. The molecule has 2 heterocycles. The lowest BCUT2D eigenvalue weighted by molar-refractivity contribution is -0.129. The molecule has 1 aromatic heterocycles. The normalized spacial score (nSPS) is 23.4. The first kappa shape index (κ1) is 16.9. The molecule has 2 rings (SSSR count). The highest BCUT2D eigenvalue weighted by Crippen LogP contribution is 2.22. The zero-order valence-electron chi connectivity index (χ0n) is 13.6. The molecule has 7 nitrogen and oxygen atoms in total. The average molecular weight is 310 g/mol. The van der Waals surface area contributed by atoms with E-state index in [9.17, 15) is 4.79 Å². The molecule has 1 aliphatic heterocycles. The van der Waals surface area contributed by atoms with E-state index in [0.29, 0.717) is 26.3 Å². The molecule has 1 amide bonds. The molecule has 0 unspecified atom stereocenters. The average Bonchev–Trinajstić information content (AvgIpc) is 2.70. The number of nitrogens with two attached hydrogens (primary N) is 1. The van der Waals surface area contributed by atoms with Gasteiger partial charge in [-0.25, -0.2) is 4.98 Å². The van der Waals surface area contributed by atoms with E-state index in [-0.39, 0.29) is 12.3 Å². The second-order valence-electron chi connectivity index (χ2n) is 5.90. The molecule has 0 aromatic carbocycles. The van der Waals surface area contributed by atoms with E-state index in [0.717, 1.165) is 30.2 Å². The van der Waals surface area contributed by atoms with Crippen LogP contribution in [0.25, 0.3) is 0 Å². The zero-order valence-corrected chi connectivity index (χ0v) is 13.6. The fraction of sp³-hybridized carbons (Fsp3) is 0.733. The SMILES string of the molecule is CCc1nc(CN2CCOC[C@](CC(N)=O)(OC)C2)c(C)[nH]1. The summed E-state index contributed by atoms with van der Waals surface area (Å²) in [6, 6.07) is 0. The quantitative estimate of drug-likeness (QED) is 0.792. The molecule has 1 aliphatic rings. The van der Waals surface area contributed by atoms with Gasteiger partial charge in [0.25, 0.3) is 0 Å². The molecule has 1 fully saturated rings. The van der Waals surface area contributed by atoms with Gasteiger partial charge in [0.05, 0.1) is 25.3 Å². The van der Waals surface area contributed by atoms with Gasteiger partial charge in [0, 0.05) is 38.9 Å². The summed E-state index contributed by atoms with van der Waals surface area (Å²) in [5.74, 6) is 0.616. The number of carbonyl (C=O) groups excluding carboxylic acids is 1. The van der Waals surface area contributed by atoms with E-state index in [2.05, 4.69) is 21.8 Å². The number of hydrogen-bond acceptors (Lipinski definition) is 5. The molecule has 1 saturated heterocycles. The predicted octanol–water partition coefficient (Wildman–Crippen LogP) is 0.373. The van der Waals surface area contributed by atoms with Crippen molar-refractivity contribution in [2.24, 2.45) is 5.73 Å². The number of carbonyl (C=O) groups is 1. The molecule has 0 bridgehead atoms. The van der Waals surface area contributed by atoms with Crippen molar-refractivity contribution in [2.75, 3.05) is 33.4 Å². The summed E-state index contributed by atoms with van der Waals surface area (Å²) in [6.07, 6.45) is 1.04. The van der Waals surface area contributed by atoms with Crippen molar-refractivity contribution in [1.82, 2.24) is 14.9 Å². The predicted molar refractivity (Wildman–Crippen MR) is 82.4 cm³/mol. The minimum absolute atomic E-state index is 0.153. The first-order chi connectivity index (χ1) is 10.5. The topological polar surface area (TPSA) is 93.5 Å². The third-order valence-electron chi connectivity index (χ3n) is 4.10. The van der Waals surface area contributed by atoms with Crippen molar-refractivity contribution in [2.45, 2.75) is 38.8 Å². The van der Waals surface area contributed by atoms with E-state index in [4.69, 9.17) is 15.2 Å². The Morgan fingerprint density at radius 1 is 1.59 bits per heavy atom. The maximum atomic E-state index is 11.4. The van der Waals surface area contributed by atoms with Crippen LogP contribution in [0.2, 0.25) is 0 Å². The van der Waals surface area contributed by atoms with Crippen LogP contribution in [0.3, 0.4) is 0 Å². The van der Waals surface area contributed by atoms with Crippen LogP contribution in [0.4, 0.5) is 0 Å². The Hall–Kier alpha value is -1.44. The number of aryl methyl sites for hydroxylation is 2. The highest BCUT2D eigenvalue weighted by Gasteiger charge is 2.36. The Bertz CT molecular complexity index is 517. The Morgan fingerprint density at radius 2 is 2.36 bits per heavy atom. The maximum Gasteiger partial charge on any atom is 0.220 e. The standard InChI is InChI=1S/C15H26N4O3/c1-4-14-17-11(2)12(18-14)8-19-5-6-22-10-15(9-19,21-3)7-13(16)20/h4-10H2,1-3H3,(H2,16,20)(H,17,18)/t15-/m1/s1. The minimum Gasteiger partial charge on any atom is -0.377 e.